The minimum absolute atomic E-state index is 0.324. The first kappa shape index (κ1) is 15.0. The Bertz CT molecular complexity index is 714. The van der Waals surface area contributed by atoms with Gasteiger partial charge in [0.25, 0.3) is 0 Å². The van der Waals surface area contributed by atoms with Gasteiger partial charge in [0.15, 0.2) is 11.5 Å². The Morgan fingerprint density at radius 3 is 2.48 bits per heavy atom. The van der Waals surface area contributed by atoms with Crippen LogP contribution in [0, 0.1) is 6.92 Å². The number of phenolic OH excluding ortho intramolecular Hbond substituents is 3. The summed E-state index contributed by atoms with van der Waals surface area (Å²) in [6, 6.07) is 8.10. The lowest BCUT2D eigenvalue weighted by molar-refractivity contribution is 0.367. The zero-order valence-corrected chi connectivity index (χ0v) is 12.3. The van der Waals surface area contributed by atoms with Crippen LogP contribution in [0.1, 0.15) is 18.1 Å². The summed E-state index contributed by atoms with van der Waals surface area (Å²) >= 11 is 5.88. The van der Waals surface area contributed by atoms with Crippen LogP contribution >= 0.6 is 11.6 Å². The molecule has 0 radical (unpaired) electrons. The van der Waals surface area contributed by atoms with Crippen molar-refractivity contribution in [3.05, 3.63) is 46.5 Å². The molecule has 0 atom stereocenters. The second-order valence-electron chi connectivity index (χ2n) is 4.60. The zero-order valence-electron chi connectivity index (χ0n) is 11.6. The maximum Gasteiger partial charge on any atom is 0.200 e. The van der Waals surface area contributed by atoms with Crippen molar-refractivity contribution >= 4 is 23.0 Å². The highest BCUT2D eigenvalue weighted by molar-refractivity contribution is 6.30. The van der Waals surface area contributed by atoms with Crippen molar-refractivity contribution in [3.8, 4) is 17.2 Å². The lowest BCUT2D eigenvalue weighted by Crippen LogP contribution is -2.01. The van der Waals surface area contributed by atoms with Crippen LogP contribution in [0.3, 0.4) is 0 Å². The molecule has 0 aliphatic rings. The molecule has 6 heteroatoms. The molecular weight excluding hydrogens is 292 g/mol. The van der Waals surface area contributed by atoms with Gasteiger partial charge in [0, 0.05) is 10.6 Å². The monoisotopic (exact) mass is 306 g/mol. The molecule has 0 aliphatic carbocycles. The maximum absolute atomic E-state index is 9.80. The van der Waals surface area contributed by atoms with E-state index in [1.807, 2.05) is 6.92 Å². The third-order valence-electron chi connectivity index (χ3n) is 3.05. The molecule has 0 saturated carbocycles. The van der Waals surface area contributed by atoms with Gasteiger partial charge in [-0.15, -0.1) is 0 Å². The number of hydrogen-bond acceptors (Lipinski definition) is 5. The fourth-order valence-electron chi connectivity index (χ4n) is 1.82. The van der Waals surface area contributed by atoms with Crippen LogP contribution in [-0.2, 0) is 0 Å². The van der Waals surface area contributed by atoms with Gasteiger partial charge in [-0.1, -0.05) is 11.6 Å². The molecule has 110 valence electrons. The molecule has 0 unspecified atom stereocenters. The molecule has 0 aliphatic heterocycles. The Morgan fingerprint density at radius 2 is 1.81 bits per heavy atom. The number of nitrogens with zero attached hydrogens (tertiary/aromatic N) is 1. The van der Waals surface area contributed by atoms with Gasteiger partial charge < -0.3 is 15.3 Å². The van der Waals surface area contributed by atoms with E-state index in [1.54, 1.807) is 25.1 Å². The van der Waals surface area contributed by atoms with E-state index in [4.69, 9.17) is 11.6 Å². The number of nitrogens with one attached hydrogen (secondary N) is 1. The molecule has 0 spiro atoms. The normalized spacial score (nSPS) is 11.5. The fourth-order valence-corrected chi connectivity index (χ4v) is 2.04. The van der Waals surface area contributed by atoms with Crippen molar-refractivity contribution in [3.63, 3.8) is 0 Å². The molecule has 21 heavy (non-hydrogen) atoms. The summed E-state index contributed by atoms with van der Waals surface area (Å²) < 4.78 is 0. The molecular formula is C15H15ClN2O3. The predicted molar refractivity (Wildman–Crippen MR) is 83.5 cm³/mol. The Labute approximate surface area is 127 Å². The number of anilines is 1. The summed E-state index contributed by atoms with van der Waals surface area (Å²) in [5, 5.41) is 33.4. The largest absolute Gasteiger partial charge is 0.504 e. The minimum atomic E-state index is -0.565. The van der Waals surface area contributed by atoms with Gasteiger partial charge in [-0.3, -0.25) is 5.43 Å². The van der Waals surface area contributed by atoms with Crippen LogP contribution in [-0.4, -0.2) is 21.0 Å². The number of aromatic hydroxyl groups is 3. The highest BCUT2D eigenvalue weighted by atomic mass is 35.5. The van der Waals surface area contributed by atoms with Gasteiger partial charge in [0.05, 0.1) is 11.4 Å². The second kappa shape index (κ2) is 5.93. The van der Waals surface area contributed by atoms with Gasteiger partial charge in [0.1, 0.15) is 0 Å². The van der Waals surface area contributed by atoms with Crippen LogP contribution in [0.5, 0.6) is 17.2 Å². The van der Waals surface area contributed by atoms with E-state index in [9.17, 15) is 15.3 Å². The van der Waals surface area contributed by atoms with Gasteiger partial charge in [0.2, 0.25) is 5.75 Å². The number of halogens is 1. The van der Waals surface area contributed by atoms with Crippen molar-refractivity contribution in [2.45, 2.75) is 13.8 Å². The highest BCUT2D eigenvalue weighted by Gasteiger charge is 2.13. The average molecular weight is 307 g/mol. The highest BCUT2D eigenvalue weighted by Crippen LogP contribution is 2.37. The topological polar surface area (TPSA) is 85.1 Å². The summed E-state index contributed by atoms with van der Waals surface area (Å²) in [6.07, 6.45) is 0. The van der Waals surface area contributed by atoms with Gasteiger partial charge in [-0.05, 0) is 49.7 Å². The van der Waals surface area contributed by atoms with E-state index in [-0.39, 0.29) is 5.75 Å². The fraction of sp³-hybridized carbons (Fsp3) is 0.133. The van der Waals surface area contributed by atoms with Gasteiger partial charge in [-0.2, -0.15) is 5.10 Å². The average Bonchev–Trinajstić information content (AvgIpc) is 2.43. The van der Waals surface area contributed by atoms with Crippen LogP contribution in [0.2, 0.25) is 5.02 Å². The van der Waals surface area contributed by atoms with Gasteiger partial charge in [-0.25, -0.2) is 0 Å². The van der Waals surface area contributed by atoms with E-state index in [2.05, 4.69) is 10.5 Å². The van der Waals surface area contributed by atoms with Crippen LogP contribution in [0.4, 0.5) is 5.69 Å². The van der Waals surface area contributed by atoms with Crippen molar-refractivity contribution in [1.82, 2.24) is 0 Å². The molecule has 2 aromatic rings. The summed E-state index contributed by atoms with van der Waals surface area (Å²) in [5.41, 5.74) is 5.36. The third-order valence-corrected chi connectivity index (χ3v) is 3.29. The molecule has 4 N–H and O–H groups in total. The van der Waals surface area contributed by atoms with E-state index in [0.717, 1.165) is 11.3 Å². The molecule has 0 heterocycles. The van der Waals surface area contributed by atoms with Crippen LogP contribution < -0.4 is 5.43 Å². The van der Waals surface area contributed by atoms with Gasteiger partial charge >= 0.3 is 0 Å². The Kier molecular flexibility index (Phi) is 4.23. The first-order valence-electron chi connectivity index (χ1n) is 6.21. The molecule has 5 nitrogen and oxygen atoms in total. The molecule has 0 amide bonds. The number of hydrogen-bond donors (Lipinski definition) is 4. The number of hydrazone groups is 1. The predicted octanol–water partition coefficient (Wildman–Crippen LogP) is 3.60. The van der Waals surface area contributed by atoms with Crippen molar-refractivity contribution in [2.24, 2.45) is 5.10 Å². The summed E-state index contributed by atoms with van der Waals surface area (Å²) in [5.74, 6) is -1.36. The van der Waals surface area contributed by atoms with Crippen molar-refractivity contribution < 1.29 is 15.3 Å². The van der Waals surface area contributed by atoms with E-state index < -0.39 is 11.5 Å². The Hall–Kier alpha value is -2.40. The molecule has 0 saturated heterocycles. The molecule has 2 rings (SSSR count). The van der Waals surface area contributed by atoms with Crippen LogP contribution in [0.15, 0.2) is 35.4 Å². The Morgan fingerprint density at radius 1 is 1.10 bits per heavy atom. The SMILES string of the molecule is CC(=NNc1ccc(Cl)cc1C)c1ccc(O)c(O)c1O. The third kappa shape index (κ3) is 3.20. The number of aryl methyl sites for hydroxylation is 1. The van der Waals surface area contributed by atoms with E-state index >= 15 is 0 Å². The maximum atomic E-state index is 9.80. The molecule has 0 aromatic heterocycles. The smallest absolute Gasteiger partial charge is 0.200 e. The first-order chi connectivity index (χ1) is 9.90. The standard InChI is InChI=1S/C15H15ClN2O3/c1-8-7-10(16)3-5-12(8)18-17-9(2)11-4-6-13(19)15(21)14(11)20/h3-7,18-21H,1-2H3. The quantitative estimate of drug-likeness (QED) is 0.396. The molecule has 2 aromatic carbocycles. The lowest BCUT2D eigenvalue weighted by atomic mass is 10.1. The van der Waals surface area contributed by atoms with E-state index in [0.29, 0.717) is 16.3 Å². The minimum Gasteiger partial charge on any atom is -0.504 e. The Balaban J connectivity index is 2.28. The van der Waals surface area contributed by atoms with Crippen LogP contribution in [0.25, 0.3) is 0 Å². The van der Waals surface area contributed by atoms with E-state index in [1.165, 1.54) is 12.1 Å². The second-order valence-corrected chi connectivity index (χ2v) is 5.03. The number of benzene rings is 2. The first-order valence-corrected chi connectivity index (χ1v) is 6.58. The number of rotatable bonds is 3. The summed E-state index contributed by atoms with van der Waals surface area (Å²) in [4.78, 5) is 0. The van der Waals surface area contributed by atoms with Crippen molar-refractivity contribution in [2.75, 3.05) is 5.43 Å². The zero-order chi connectivity index (χ0) is 15.6. The molecule has 0 bridgehead atoms. The number of phenols is 3. The lowest BCUT2D eigenvalue weighted by Gasteiger charge is -2.09. The summed E-state index contributed by atoms with van der Waals surface area (Å²) in [7, 11) is 0. The molecule has 0 fully saturated rings. The van der Waals surface area contributed by atoms with Crippen molar-refractivity contribution in [1.29, 1.82) is 0 Å². The summed E-state index contributed by atoms with van der Waals surface area (Å²) in [6.45, 7) is 3.56.